The average Bonchev–Trinajstić information content (AvgIpc) is 2.54. The molecule has 3 heteroatoms. The van der Waals surface area contributed by atoms with Gasteiger partial charge in [-0.1, -0.05) is 46.2 Å². The summed E-state index contributed by atoms with van der Waals surface area (Å²) in [6, 6.07) is 8.38. The summed E-state index contributed by atoms with van der Waals surface area (Å²) in [4.78, 5) is 0. The zero-order chi connectivity index (χ0) is 17.5. The molecule has 3 atom stereocenters. The number of aryl methyl sites for hydroxylation is 1. The highest BCUT2D eigenvalue weighted by Crippen LogP contribution is 2.32. The van der Waals surface area contributed by atoms with E-state index in [1.165, 1.54) is 5.56 Å². The number of nitrogens with two attached hydrogens (primary N) is 1. The van der Waals surface area contributed by atoms with Crippen molar-refractivity contribution in [2.75, 3.05) is 11.6 Å². The zero-order valence-electron chi connectivity index (χ0n) is 15.6. The summed E-state index contributed by atoms with van der Waals surface area (Å²) in [5, 5.41) is 1.84. The van der Waals surface area contributed by atoms with E-state index in [4.69, 9.17) is 5.84 Å². The third-order valence-electron chi connectivity index (χ3n) is 5.21. The molecule has 0 aromatic heterocycles. The minimum absolute atomic E-state index is 0.0550. The Hall–Kier alpha value is -1.09. The number of nitrogens with zero attached hydrogens (tertiary/aromatic N) is 1. The van der Waals surface area contributed by atoms with Crippen molar-refractivity contribution in [1.29, 1.82) is 0 Å². The van der Waals surface area contributed by atoms with E-state index in [-0.39, 0.29) is 5.92 Å². The summed E-state index contributed by atoms with van der Waals surface area (Å²) in [5.74, 6) is 6.78. The van der Waals surface area contributed by atoms with Crippen LogP contribution in [0, 0.1) is 11.8 Å². The van der Waals surface area contributed by atoms with E-state index >= 15 is 0 Å². The summed E-state index contributed by atoms with van der Waals surface area (Å²) in [5.41, 5.74) is 1.25. The Kier molecular flexibility index (Phi) is 8.04. The van der Waals surface area contributed by atoms with Crippen LogP contribution < -0.4 is 10.9 Å². The lowest BCUT2D eigenvalue weighted by Gasteiger charge is -2.32. The van der Waals surface area contributed by atoms with Gasteiger partial charge < -0.3 is 5.01 Å². The van der Waals surface area contributed by atoms with E-state index < -0.39 is 5.67 Å². The second-order valence-electron chi connectivity index (χ2n) is 7.10. The van der Waals surface area contributed by atoms with Crippen LogP contribution in [0.4, 0.5) is 10.1 Å². The molecule has 2 N–H and O–H groups in total. The Morgan fingerprint density at radius 2 is 1.96 bits per heavy atom. The van der Waals surface area contributed by atoms with Crippen LogP contribution in [0.25, 0.3) is 0 Å². The summed E-state index contributed by atoms with van der Waals surface area (Å²) in [6.07, 6.45) is 4.65. The predicted octanol–water partition coefficient (Wildman–Crippen LogP) is 5.51. The Balaban J connectivity index is 2.74. The van der Waals surface area contributed by atoms with E-state index in [0.717, 1.165) is 37.9 Å². The molecule has 0 aliphatic rings. The lowest BCUT2D eigenvalue weighted by Crippen LogP contribution is -2.38. The van der Waals surface area contributed by atoms with E-state index in [0.29, 0.717) is 12.3 Å². The van der Waals surface area contributed by atoms with Gasteiger partial charge in [0.1, 0.15) is 5.67 Å². The molecule has 1 rings (SSSR count). The number of hydrogen-bond donors (Lipinski definition) is 1. The Morgan fingerprint density at radius 1 is 1.26 bits per heavy atom. The molecule has 0 aliphatic heterocycles. The summed E-state index contributed by atoms with van der Waals surface area (Å²) < 4.78 is 14.5. The molecule has 1 aromatic rings. The molecule has 132 valence electrons. The highest BCUT2D eigenvalue weighted by Gasteiger charge is 2.30. The van der Waals surface area contributed by atoms with Crippen molar-refractivity contribution >= 4 is 5.69 Å². The highest BCUT2D eigenvalue weighted by molar-refractivity contribution is 5.47. The number of halogens is 1. The molecule has 0 fully saturated rings. The van der Waals surface area contributed by atoms with Crippen LogP contribution in [0.5, 0.6) is 0 Å². The van der Waals surface area contributed by atoms with E-state index in [9.17, 15) is 4.39 Å². The topological polar surface area (TPSA) is 29.3 Å². The van der Waals surface area contributed by atoms with Crippen LogP contribution in [-0.4, -0.2) is 12.2 Å². The van der Waals surface area contributed by atoms with Gasteiger partial charge in [-0.15, -0.1) is 0 Å². The number of alkyl halides is 1. The third kappa shape index (κ3) is 6.14. The van der Waals surface area contributed by atoms with E-state index in [2.05, 4.69) is 38.1 Å². The number of hydrazine groups is 1. The van der Waals surface area contributed by atoms with Gasteiger partial charge in [0.15, 0.2) is 0 Å². The standard InChI is InChI=1S/C20H35FN2/c1-6-10-18(13-16(4)20(5,21)8-3)15-23(22)19-12-9-11-17(7-2)14-19/h9,11-12,14,16,18H,6-8,10,13,15,22H2,1-5H3. The van der Waals surface area contributed by atoms with Crippen molar-refractivity contribution in [2.45, 2.75) is 72.4 Å². The maximum Gasteiger partial charge on any atom is 0.110 e. The number of hydrogen-bond acceptors (Lipinski definition) is 2. The van der Waals surface area contributed by atoms with Crippen molar-refractivity contribution < 1.29 is 4.39 Å². The van der Waals surface area contributed by atoms with Crippen LogP contribution in [0.15, 0.2) is 24.3 Å². The lowest BCUT2D eigenvalue weighted by molar-refractivity contribution is 0.0893. The molecule has 1 aromatic carbocycles. The largest absolute Gasteiger partial charge is 0.311 e. The van der Waals surface area contributed by atoms with Crippen molar-refractivity contribution in [3.05, 3.63) is 29.8 Å². The first-order valence-corrected chi connectivity index (χ1v) is 9.14. The normalized spacial score (nSPS) is 16.7. The number of anilines is 1. The van der Waals surface area contributed by atoms with Crippen LogP contribution in [0.1, 0.15) is 65.9 Å². The maximum atomic E-state index is 14.5. The van der Waals surface area contributed by atoms with Crippen LogP contribution in [0.3, 0.4) is 0 Å². The average molecular weight is 323 g/mol. The van der Waals surface area contributed by atoms with Crippen molar-refractivity contribution in [3.63, 3.8) is 0 Å². The fourth-order valence-corrected chi connectivity index (χ4v) is 3.12. The van der Waals surface area contributed by atoms with Gasteiger partial charge >= 0.3 is 0 Å². The molecular formula is C20H35FN2. The highest BCUT2D eigenvalue weighted by atomic mass is 19.1. The van der Waals surface area contributed by atoms with Crippen LogP contribution in [0.2, 0.25) is 0 Å². The second-order valence-corrected chi connectivity index (χ2v) is 7.10. The number of rotatable bonds is 10. The quantitative estimate of drug-likeness (QED) is 0.454. The Bertz CT molecular complexity index is 459. The zero-order valence-corrected chi connectivity index (χ0v) is 15.6. The Labute approximate surface area is 142 Å². The predicted molar refractivity (Wildman–Crippen MR) is 99.3 cm³/mol. The molecule has 0 aliphatic carbocycles. The van der Waals surface area contributed by atoms with Crippen molar-refractivity contribution in [3.8, 4) is 0 Å². The van der Waals surface area contributed by atoms with E-state index in [1.807, 2.05) is 18.9 Å². The Morgan fingerprint density at radius 3 is 2.52 bits per heavy atom. The molecule has 0 saturated heterocycles. The van der Waals surface area contributed by atoms with Gasteiger partial charge in [-0.05, 0) is 62.1 Å². The first-order valence-electron chi connectivity index (χ1n) is 9.14. The minimum atomic E-state index is -1.09. The summed E-state index contributed by atoms with van der Waals surface area (Å²) >= 11 is 0. The van der Waals surface area contributed by atoms with E-state index in [1.54, 1.807) is 6.92 Å². The molecule has 0 spiro atoms. The minimum Gasteiger partial charge on any atom is -0.311 e. The van der Waals surface area contributed by atoms with Crippen molar-refractivity contribution in [1.82, 2.24) is 0 Å². The monoisotopic (exact) mass is 322 g/mol. The van der Waals surface area contributed by atoms with Gasteiger partial charge in [-0.25, -0.2) is 10.2 Å². The third-order valence-corrected chi connectivity index (χ3v) is 5.21. The van der Waals surface area contributed by atoms with Crippen LogP contribution in [-0.2, 0) is 6.42 Å². The fourth-order valence-electron chi connectivity index (χ4n) is 3.12. The first kappa shape index (κ1) is 20.0. The molecule has 0 heterocycles. The first-order chi connectivity index (χ1) is 10.8. The molecule has 23 heavy (non-hydrogen) atoms. The molecule has 0 bridgehead atoms. The molecule has 0 radical (unpaired) electrons. The molecular weight excluding hydrogens is 287 g/mol. The van der Waals surface area contributed by atoms with Gasteiger partial charge in [0, 0.05) is 6.54 Å². The molecule has 2 nitrogen and oxygen atoms in total. The van der Waals surface area contributed by atoms with Gasteiger partial charge in [-0.2, -0.15) is 0 Å². The van der Waals surface area contributed by atoms with Gasteiger partial charge in [0.2, 0.25) is 0 Å². The smallest absolute Gasteiger partial charge is 0.110 e. The molecule has 3 unspecified atom stereocenters. The van der Waals surface area contributed by atoms with Crippen molar-refractivity contribution in [2.24, 2.45) is 17.7 Å². The molecule has 0 amide bonds. The fraction of sp³-hybridized carbons (Fsp3) is 0.700. The lowest BCUT2D eigenvalue weighted by atomic mass is 9.81. The van der Waals surface area contributed by atoms with Crippen LogP contribution >= 0.6 is 0 Å². The summed E-state index contributed by atoms with van der Waals surface area (Å²) in [6.45, 7) is 10.8. The maximum absolute atomic E-state index is 14.5. The summed E-state index contributed by atoms with van der Waals surface area (Å²) in [7, 11) is 0. The second kappa shape index (κ2) is 9.27. The van der Waals surface area contributed by atoms with Gasteiger partial charge in [-0.3, -0.25) is 0 Å². The molecule has 0 saturated carbocycles. The number of benzene rings is 1. The SMILES string of the molecule is CCCC(CC(C)C(C)(F)CC)CN(N)c1cccc(CC)c1. The van der Waals surface area contributed by atoms with Gasteiger partial charge in [0.05, 0.1) is 5.69 Å². The van der Waals surface area contributed by atoms with Gasteiger partial charge in [0.25, 0.3) is 0 Å².